The van der Waals surface area contributed by atoms with Crippen LogP contribution in [0.4, 0.5) is 0 Å². The van der Waals surface area contributed by atoms with E-state index in [1.165, 1.54) is 23.8 Å². The lowest BCUT2D eigenvalue weighted by atomic mass is 9.99. The Hall–Kier alpha value is -4.60. The van der Waals surface area contributed by atoms with E-state index in [-0.39, 0.29) is 24.9 Å². The molecule has 0 bridgehead atoms. The Labute approximate surface area is 233 Å². The van der Waals surface area contributed by atoms with Crippen LogP contribution in [0.15, 0.2) is 66.7 Å². The molecule has 0 fully saturated rings. The maximum absolute atomic E-state index is 14.2. The Morgan fingerprint density at radius 2 is 1.57 bits per heavy atom. The Bertz CT molecular complexity index is 1470. The minimum absolute atomic E-state index is 0.0945. The van der Waals surface area contributed by atoms with E-state index in [0.717, 1.165) is 5.56 Å². The van der Waals surface area contributed by atoms with Crippen molar-refractivity contribution in [2.75, 3.05) is 21.3 Å². The summed E-state index contributed by atoms with van der Waals surface area (Å²) in [6.07, 6.45) is 0. The highest BCUT2D eigenvalue weighted by Crippen LogP contribution is 2.33. The second kappa shape index (κ2) is 12.1. The van der Waals surface area contributed by atoms with E-state index in [9.17, 15) is 9.59 Å². The number of para-hydroxylation sites is 2. The molecule has 2 amide bonds. The second-order valence-corrected chi connectivity index (χ2v) is 10.4. The van der Waals surface area contributed by atoms with Crippen LogP contribution in [0, 0.1) is 0 Å². The van der Waals surface area contributed by atoms with Crippen molar-refractivity contribution in [3.8, 4) is 17.2 Å². The van der Waals surface area contributed by atoms with Gasteiger partial charge in [0, 0.05) is 17.2 Å². The van der Waals surface area contributed by atoms with Gasteiger partial charge in [-0.2, -0.15) is 0 Å². The molecule has 10 nitrogen and oxygen atoms in total. The van der Waals surface area contributed by atoms with Crippen LogP contribution in [-0.4, -0.2) is 58.6 Å². The number of rotatable bonds is 10. The van der Waals surface area contributed by atoms with Crippen LogP contribution >= 0.6 is 0 Å². The van der Waals surface area contributed by atoms with Crippen molar-refractivity contribution in [1.29, 1.82) is 0 Å². The summed E-state index contributed by atoms with van der Waals surface area (Å²) in [5.74, 6) is 0.904. The molecule has 0 unspecified atom stereocenters. The van der Waals surface area contributed by atoms with Gasteiger partial charge in [-0.15, -0.1) is 5.10 Å². The highest BCUT2D eigenvalue weighted by molar-refractivity contribution is 5.90. The van der Waals surface area contributed by atoms with Gasteiger partial charge in [-0.1, -0.05) is 35.5 Å². The molecule has 1 N–H and O–H groups in total. The van der Waals surface area contributed by atoms with Gasteiger partial charge < -0.3 is 24.4 Å². The van der Waals surface area contributed by atoms with Crippen LogP contribution < -0.4 is 19.5 Å². The maximum atomic E-state index is 14.2. The molecule has 0 saturated carbocycles. The monoisotopic (exact) mass is 545 g/mol. The van der Waals surface area contributed by atoms with E-state index in [1.54, 1.807) is 25.3 Å². The minimum atomic E-state index is -1.03. The topological polar surface area (TPSA) is 108 Å². The molecule has 210 valence electrons. The van der Waals surface area contributed by atoms with E-state index in [1.807, 2.05) is 69.3 Å². The quantitative estimate of drug-likeness (QED) is 0.319. The van der Waals surface area contributed by atoms with E-state index >= 15 is 0 Å². The third-order valence-corrected chi connectivity index (χ3v) is 6.31. The average Bonchev–Trinajstić information content (AvgIpc) is 3.34. The molecule has 3 aromatic carbocycles. The second-order valence-electron chi connectivity index (χ2n) is 10.4. The first kappa shape index (κ1) is 28.4. The van der Waals surface area contributed by atoms with E-state index in [2.05, 4.69) is 15.6 Å². The fourth-order valence-electron chi connectivity index (χ4n) is 4.49. The predicted octanol–water partition coefficient (Wildman–Crippen LogP) is 4.14. The average molecular weight is 546 g/mol. The number of hydrogen-bond acceptors (Lipinski definition) is 7. The molecule has 1 heterocycles. The molecular formula is C30H35N5O5. The Kier molecular flexibility index (Phi) is 8.57. The molecule has 0 saturated heterocycles. The van der Waals surface area contributed by atoms with Crippen LogP contribution in [0.25, 0.3) is 11.0 Å². The lowest BCUT2D eigenvalue weighted by molar-refractivity contribution is -0.142. The van der Waals surface area contributed by atoms with Gasteiger partial charge in [-0.3, -0.25) is 9.59 Å². The van der Waals surface area contributed by atoms with Crippen LogP contribution in [0.2, 0.25) is 0 Å². The van der Waals surface area contributed by atoms with Gasteiger partial charge in [0.25, 0.3) is 0 Å². The summed E-state index contributed by atoms with van der Waals surface area (Å²) in [4.78, 5) is 29.7. The van der Waals surface area contributed by atoms with Gasteiger partial charge in [-0.25, -0.2) is 4.68 Å². The molecule has 1 aromatic heterocycles. The molecule has 0 radical (unpaired) electrons. The Morgan fingerprint density at radius 1 is 0.925 bits per heavy atom. The molecule has 4 rings (SSSR count). The number of aromatic nitrogens is 3. The molecule has 0 aliphatic heterocycles. The third-order valence-electron chi connectivity index (χ3n) is 6.31. The van der Waals surface area contributed by atoms with Crippen molar-refractivity contribution in [3.05, 3.63) is 77.9 Å². The van der Waals surface area contributed by atoms with Gasteiger partial charge in [0.05, 0.1) is 33.4 Å². The van der Waals surface area contributed by atoms with Gasteiger partial charge in [0.1, 0.15) is 35.4 Å². The molecule has 0 spiro atoms. The third kappa shape index (κ3) is 6.51. The molecule has 40 heavy (non-hydrogen) atoms. The first-order chi connectivity index (χ1) is 19.1. The number of amides is 2. The van der Waals surface area contributed by atoms with Crippen LogP contribution in [-0.2, 0) is 22.7 Å². The Balaban J connectivity index is 1.86. The van der Waals surface area contributed by atoms with Gasteiger partial charge in [-0.05, 0) is 56.7 Å². The number of fused-ring (bicyclic) bond motifs is 1. The number of nitrogens with zero attached hydrogens (tertiary/aromatic N) is 4. The zero-order valence-electron chi connectivity index (χ0n) is 23.7. The molecule has 10 heteroatoms. The minimum Gasteiger partial charge on any atom is -0.497 e. The van der Waals surface area contributed by atoms with Crippen molar-refractivity contribution in [2.45, 2.75) is 45.4 Å². The fraction of sp³-hybridized carbons (Fsp3) is 0.333. The summed E-state index contributed by atoms with van der Waals surface area (Å²) in [6.45, 7) is 5.64. The standard InChI is InChI=1S/C30H35N5O5/c1-30(2,3)31-29(37)28(21-15-22(38-4)17-23(16-21)39-5)34(18-20-11-7-10-14-26(20)40-6)27(36)19-35-25-13-9-8-12-24(25)32-33-35/h7-17,28H,18-19H2,1-6H3,(H,31,37)/t28-/m0/s1. The first-order valence-corrected chi connectivity index (χ1v) is 12.9. The molecule has 4 aromatic rings. The number of methoxy groups -OCH3 is 3. The summed E-state index contributed by atoms with van der Waals surface area (Å²) < 4.78 is 18.1. The highest BCUT2D eigenvalue weighted by Gasteiger charge is 2.35. The number of benzene rings is 3. The lowest BCUT2D eigenvalue weighted by Crippen LogP contribution is -2.49. The number of carbonyl (C=O) groups is 2. The van der Waals surface area contributed by atoms with Gasteiger partial charge in [0.15, 0.2) is 0 Å². The fourth-order valence-corrected chi connectivity index (χ4v) is 4.49. The van der Waals surface area contributed by atoms with Crippen LogP contribution in [0.3, 0.4) is 0 Å². The summed E-state index contributed by atoms with van der Waals surface area (Å²) >= 11 is 0. The lowest BCUT2D eigenvalue weighted by Gasteiger charge is -2.34. The molecule has 1 atom stereocenters. The number of ether oxygens (including phenoxy) is 3. The smallest absolute Gasteiger partial charge is 0.247 e. The van der Waals surface area contributed by atoms with Crippen molar-refractivity contribution >= 4 is 22.8 Å². The Morgan fingerprint density at radius 3 is 2.23 bits per heavy atom. The van der Waals surface area contributed by atoms with E-state index in [0.29, 0.717) is 33.8 Å². The van der Waals surface area contributed by atoms with Crippen molar-refractivity contribution in [2.24, 2.45) is 0 Å². The predicted molar refractivity (Wildman–Crippen MR) is 151 cm³/mol. The first-order valence-electron chi connectivity index (χ1n) is 12.9. The number of carbonyl (C=O) groups excluding carboxylic acids is 2. The summed E-state index contributed by atoms with van der Waals surface area (Å²) in [7, 11) is 4.65. The normalized spacial score (nSPS) is 12.1. The highest BCUT2D eigenvalue weighted by atomic mass is 16.5. The summed E-state index contributed by atoms with van der Waals surface area (Å²) in [6, 6.07) is 19.0. The van der Waals surface area contributed by atoms with Gasteiger partial charge in [0.2, 0.25) is 11.8 Å². The largest absolute Gasteiger partial charge is 0.497 e. The molecular weight excluding hydrogens is 510 g/mol. The van der Waals surface area contributed by atoms with E-state index < -0.39 is 11.6 Å². The zero-order chi connectivity index (χ0) is 28.9. The number of hydrogen-bond donors (Lipinski definition) is 1. The van der Waals surface area contributed by atoms with E-state index in [4.69, 9.17) is 14.2 Å². The van der Waals surface area contributed by atoms with Crippen LogP contribution in [0.1, 0.15) is 37.9 Å². The van der Waals surface area contributed by atoms with Gasteiger partial charge >= 0.3 is 0 Å². The van der Waals surface area contributed by atoms with Crippen molar-refractivity contribution < 1.29 is 23.8 Å². The van der Waals surface area contributed by atoms with Crippen molar-refractivity contribution in [1.82, 2.24) is 25.2 Å². The summed E-state index contributed by atoms with van der Waals surface area (Å²) in [5, 5.41) is 11.4. The SMILES string of the molecule is COc1cc(OC)cc([C@@H](C(=O)NC(C)(C)C)N(Cc2ccccc2OC)C(=O)Cn2nnc3ccccc32)c1. The number of nitrogens with one attached hydrogen (secondary N) is 1. The van der Waals surface area contributed by atoms with Crippen LogP contribution in [0.5, 0.6) is 17.2 Å². The molecule has 0 aliphatic carbocycles. The molecule has 0 aliphatic rings. The maximum Gasteiger partial charge on any atom is 0.247 e. The van der Waals surface area contributed by atoms with Crippen molar-refractivity contribution in [3.63, 3.8) is 0 Å². The zero-order valence-corrected chi connectivity index (χ0v) is 23.7. The summed E-state index contributed by atoms with van der Waals surface area (Å²) in [5.41, 5.74) is 2.10.